The van der Waals surface area contributed by atoms with E-state index in [-0.39, 0.29) is 0 Å². The summed E-state index contributed by atoms with van der Waals surface area (Å²) in [4.78, 5) is 0. The Morgan fingerprint density at radius 3 is 2.93 bits per heavy atom. The summed E-state index contributed by atoms with van der Waals surface area (Å²) in [5.74, 6) is 0.799. The van der Waals surface area contributed by atoms with Crippen LogP contribution in [0, 0.1) is 0 Å². The largest absolute Gasteiger partial charge is 0.0928 e. The van der Waals surface area contributed by atoms with Crippen LogP contribution in [0.1, 0.15) is 42.7 Å². The first-order chi connectivity index (χ1) is 6.92. The summed E-state index contributed by atoms with van der Waals surface area (Å²) in [7, 11) is 0. The summed E-state index contributed by atoms with van der Waals surface area (Å²) < 4.78 is 0. The highest BCUT2D eigenvalue weighted by Gasteiger charge is 2.16. The molecule has 1 aromatic carbocycles. The van der Waals surface area contributed by atoms with Crippen LogP contribution in [0.5, 0.6) is 0 Å². The Morgan fingerprint density at radius 1 is 1.21 bits per heavy atom. The second kappa shape index (κ2) is 4.97. The fourth-order valence-corrected chi connectivity index (χ4v) is 3.01. The maximum Gasteiger partial charge on any atom is 0.00371 e. The Morgan fingerprint density at radius 2 is 2.07 bits per heavy atom. The van der Waals surface area contributed by atoms with Crippen LogP contribution in [-0.2, 0) is 6.42 Å². The van der Waals surface area contributed by atoms with Crippen LogP contribution in [-0.4, -0.2) is 5.33 Å². The number of aryl methyl sites for hydroxylation is 1. The maximum absolute atomic E-state index is 3.56. The summed E-state index contributed by atoms with van der Waals surface area (Å²) in [5, 5.41) is 1.13. The molecule has 0 fully saturated rings. The zero-order valence-corrected chi connectivity index (χ0v) is 10.1. The average Bonchev–Trinajstić information content (AvgIpc) is 2.42. The molecule has 14 heavy (non-hydrogen) atoms. The van der Waals surface area contributed by atoms with Gasteiger partial charge in [0.1, 0.15) is 0 Å². The molecule has 76 valence electrons. The van der Waals surface area contributed by atoms with E-state index in [2.05, 4.69) is 40.2 Å². The normalized spacial score (nSPS) is 21.4. The highest BCUT2D eigenvalue weighted by atomic mass is 79.9. The molecule has 1 atom stereocenters. The first-order valence-electron chi connectivity index (χ1n) is 5.55. The number of hydrogen-bond acceptors (Lipinski definition) is 0. The third-order valence-electron chi connectivity index (χ3n) is 3.20. The van der Waals surface area contributed by atoms with Gasteiger partial charge in [0.2, 0.25) is 0 Å². The monoisotopic (exact) mass is 252 g/mol. The molecule has 2 rings (SSSR count). The van der Waals surface area contributed by atoms with E-state index >= 15 is 0 Å². The predicted molar refractivity (Wildman–Crippen MR) is 65.1 cm³/mol. The quantitative estimate of drug-likeness (QED) is 0.545. The lowest BCUT2D eigenvalue weighted by Gasteiger charge is -2.15. The number of fused-ring (bicyclic) bond motifs is 1. The van der Waals surface area contributed by atoms with Gasteiger partial charge in [-0.3, -0.25) is 0 Å². The lowest BCUT2D eigenvalue weighted by atomic mass is 9.91. The van der Waals surface area contributed by atoms with Crippen molar-refractivity contribution in [2.45, 2.75) is 38.0 Å². The standard InChI is InChI=1S/C13H17Br/c14-10-9-12-7-2-1-5-11-6-3-4-8-13(11)12/h3-4,6,8,12H,1-2,5,7,9-10H2. The van der Waals surface area contributed by atoms with Crippen molar-refractivity contribution in [3.8, 4) is 0 Å². The van der Waals surface area contributed by atoms with Crippen LogP contribution in [0.4, 0.5) is 0 Å². The Kier molecular flexibility index (Phi) is 3.63. The fraction of sp³-hybridized carbons (Fsp3) is 0.538. The predicted octanol–water partition coefficient (Wildman–Crippen LogP) is 4.28. The maximum atomic E-state index is 3.56. The van der Waals surface area contributed by atoms with Gasteiger partial charge in [-0.25, -0.2) is 0 Å². The Balaban J connectivity index is 2.27. The molecule has 0 radical (unpaired) electrons. The topological polar surface area (TPSA) is 0 Å². The van der Waals surface area contributed by atoms with Gasteiger partial charge in [0.15, 0.2) is 0 Å². The van der Waals surface area contributed by atoms with Gasteiger partial charge < -0.3 is 0 Å². The number of hydrogen-bond donors (Lipinski definition) is 0. The highest BCUT2D eigenvalue weighted by molar-refractivity contribution is 9.09. The minimum atomic E-state index is 0.799. The molecule has 1 aromatic rings. The molecular weight excluding hydrogens is 236 g/mol. The van der Waals surface area contributed by atoms with Crippen molar-refractivity contribution >= 4 is 15.9 Å². The van der Waals surface area contributed by atoms with Crippen LogP contribution < -0.4 is 0 Å². The van der Waals surface area contributed by atoms with Gasteiger partial charge >= 0.3 is 0 Å². The molecule has 1 heteroatoms. The van der Waals surface area contributed by atoms with Crippen LogP contribution in [0.25, 0.3) is 0 Å². The number of benzene rings is 1. The molecular formula is C13H17Br. The van der Waals surface area contributed by atoms with E-state index in [9.17, 15) is 0 Å². The Hall–Kier alpha value is -0.300. The van der Waals surface area contributed by atoms with E-state index in [1.54, 1.807) is 11.1 Å². The van der Waals surface area contributed by atoms with Gasteiger partial charge in [-0.15, -0.1) is 0 Å². The summed E-state index contributed by atoms with van der Waals surface area (Å²) in [6.45, 7) is 0. The first kappa shape index (κ1) is 10.2. The lowest BCUT2D eigenvalue weighted by Crippen LogP contribution is -2.00. The van der Waals surface area contributed by atoms with Gasteiger partial charge in [-0.05, 0) is 42.7 Å². The average molecular weight is 253 g/mol. The minimum Gasteiger partial charge on any atom is -0.0928 e. The van der Waals surface area contributed by atoms with Crippen molar-refractivity contribution in [3.05, 3.63) is 35.4 Å². The van der Waals surface area contributed by atoms with Crippen molar-refractivity contribution in [1.82, 2.24) is 0 Å². The molecule has 0 aromatic heterocycles. The summed E-state index contributed by atoms with van der Waals surface area (Å²) >= 11 is 3.56. The van der Waals surface area contributed by atoms with Gasteiger partial charge in [0, 0.05) is 5.33 Å². The van der Waals surface area contributed by atoms with Crippen molar-refractivity contribution in [2.24, 2.45) is 0 Å². The molecule has 0 bridgehead atoms. The summed E-state index contributed by atoms with van der Waals surface area (Å²) in [6.07, 6.45) is 6.72. The molecule has 0 nitrogen and oxygen atoms in total. The molecule has 1 aliphatic rings. The number of alkyl halides is 1. The van der Waals surface area contributed by atoms with Crippen molar-refractivity contribution in [1.29, 1.82) is 0 Å². The van der Waals surface area contributed by atoms with E-state index in [0.29, 0.717) is 0 Å². The van der Waals surface area contributed by atoms with E-state index in [1.807, 2.05) is 0 Å². The number of halogens is 1. The Labute approximate surface area is 94.8 Å². The molecule has 0 aliphatic heterocycles. The van der Waals surface area contributed by atoms with Crippen LogP contribution in [0.15, 0.2) is 24.3 Å². The zero-order valence-electron chi connectivity index (χ0n) is 8.51. The van der Waals surface area contributed by atoms with E-state index in [4.69, 9.17) is 0 Å². The molecule has 0 N–H and O–H groups in total. The summed E-state index contributed by atoms with van der Waals surface area (Å²) in [6, 6.07) is 9.00. The second-order valence-corrected chi connectivity index (χ2v) is 4.91. The molecule has 0 spiro atoms. The van der Waals surface area contributed by atoms with Gasteiger partial charge in [0.25, 0.3) is 0 Å². The smallest absolute Gasteiger partial charge is 0.00371 e. The SMILES string of the molecule is BrCCC1CCCCc2ccccc21. The molecule has 1 aliphatic carbocycles. The van der Waals surface area contributed by atoms with Crippen molar-refractivity contribution in [2.75, 3.05) is 5.33 Å². The third-order valence-corrected chi connectivity index (χ3v) is 3.66. The van der Waals surface area contributed by atoms with Crippen molar-refractivity contribution in [3.63, 3.8) is 0 Å². The molecule has 0 amide bonds. The second-order valence-electron chi connectivity index (χ2n) is 4.12. The lowest BCUT2D eigenvalue weighted by molar-refractivity contribution is 0.586. The third kappa shape index (κ3) is 2.20. The Bertz CT molecular complexity index is 293. The first-order valence-corrected chi connectivity index (χ1v) is 6.67. The molecule has 0 heterocycles. The zero-order chi connectivity index (χ0) is 9.80. The van der Waals surface area contributed by atoms with E-state index in [1.165, 1.54) is 32.1 Å². The highest BCUT2D eigenvalue weighted by Crippen LogP contribution is 2.32. The van der Waals surface area contributed by atoms with Gasteiger partial charge in [-0.1, -0.05) is 46.6 Å². The van der Waals surface area contributed by atoms with E-state index < -0.39 is 0 Å². The van der Waals surface area contributed by atoms with Gasteiger partial charge in [-0.2, -0.15) is 0 Å². The van der Waals surface area contributed by atoms with Crippen LogP contribution in [0.2, 0.25) is 0 Å². The van der Waals surface area contributed by atoms with Crippen LogP contribution >= 0.6 is 15.9 Å². The fourth-order valence-electron chi connectivity index (χ4n) is 2.45. The van der Waals surface area contributed by atoms with E-state index in [0.717, 1.165) is 11.2 Å². The molecule has 0 saturated carbocycles. The van der Waals surface area contributed by atoms with Crippen LogP contribution in [0.3, 0.4) is 0 Å². The number of rotatable bonds is 2. The van der Waals surface area contributed by atoms with Gasteiger partial charge in [0.05, 0.1) is 0 Å². The minimum absolute atomic E-state index is 0.799. The van der Waals surface area contributed by atoms with Crippen molar-refractivity contribution < 1.29 is 0 Å². The molecule has 0 saturated heterocycles. The summed E-state index contributed by atoms with van der Waals surface area (Å²) in [5.41, 5.74) is 3.21. The molecule has 1 unspecified atom stereocenters.